The average molecular weight is 447 g/mol. The molecule has 1 aliphatic heterocycles. The fourth-order valence-corrected chi connectivity index (χ4v) is 4.95. The van der Waals surface area contributed by atoms with Crippen LogP contribution in [0.2, 0.25) is 0 Å². The van der Waals surface area contributed by atoms with Crippen LogP contribution < -0.4 is 0 Å². The fraction of sp³-hybridized carbons (Fsp3) is 0.222. The van der Waals surface area contributed by atoms with Crippen molar-refractivity contribution in [2.24, 2.45) is 0 Å². The number of aromatic hydroxyl groups is 1. The number of aliphatic hydroxyl groups is 1. The standard InChI is InChI=1S/C27H26O4S/c1-19-12-13-23(28)16-21(19)14-15-27(22-10-6-3-7-11-22)17-24(29)25(26(30)31-27)32-18-20-8-4-2-5-9-20/h2-13,16,28-29H,14-15,17-18H2,1H3. The Hall–Kier alpha value is -3.18. The highest BCUT2D eigenvalue weighted by atomic mass is 32.2. The number of phenolic OH excluding ortho intramolecular Hbond substituents is 1. The van der Waals surface area contributed by atoms with Crippen LogP contribution in [-0.4, -0.2) is 16.2 Å². The van der Waals surface area contributed by atoms with E-state index in [-0.39, 0.29) is 22.8 Å². The summed E-state index contributed by atoms with van der Waals surface area (Å²) in [6, 6.07) is 24.7. The fourth-order valence-electron chi connectivity index (χ4n) is 4.05. The van der Waals surface area contributed by atoms with Crippen LogP contribution in [0.5, 0.6) is 5.75 Å². The summed E-state index contributed by atoms with van der Waals surface area (Å²) in [4.78, 5) is 13.3. The van der Waals surface area contributed by atoms with E-state index in [1.54, 1.807) is 12.1 Å². The number of aryl methyl sites for hydroxylation is 2. The summed E-state index contributed by atoms with van der Waals surface area (Å²) >= 11 is 1.30. The normalized spacial score (nSPS) is 18.5. The largest absolute Gasteiger partial charge is 0.511 e. The van der Waals surface area contributed by atoms with Gasteiger partial charge in [0.05, 0.1) is 6.42 Å². The van der Waals surface area contributed by atoms with E-state index in [1.165, 1.54) is 11.8 Å². The topological polar surface area (TPSA) is 66.8 Å². The second kappa shape index (κ2) is 9.53. The number of esters is 1. The minimum atomic E-state index is -0.961. The summed E-state index contributed by atoms with van der Waals surface area (Å²) in [5, 5.41) is 20.8. The number of carbonyl (C=O) groups excluding carboxylic acids is 1. The van der Waals surface area contributed by atoms with Crippen molar-refractivity contribution in [2.45, 2.75) is 37.5 Å². The number of rotatable bonds is 7. The van der Waals surface area contributed by atoms with Crippen molar-refractivity contribution in [2.75, 3.05) is 0 Å². The number of cyclic esters (lactones) is 1. The Bertz CT molecular complexity index is 1120. The number of aliphatic hydroxyl groups excluding tert-OH is 1. The third-order valence-corrected chi connectivity index (χ3v) is 7.01. The van der Waals surface area contributed by atoms with Crippen LogP contribution in [0.4, 0.5) is 0 Å². The Morgan fingerprint density at radius 2 is 1.66 bits per heavy atom. The Labute approximate surface area is 192 Å². The number of benzene rings is 3. The molecule has 5 heteroatoms. The molecule has 0 radical (unpaired) electrons. The average Bonchev–Trinajstić information content (AvgIpc) is 2.80. The van der Waals surface area contributed by atoms with Crippen LogP contribution in [0, 0.1) is 6.92 Å². The first kappa shape index (κ1) is 22.0. The van der Waals surface area contributed by atoms with Crippen molar-refractivity contribution < 1.29 is 19.7 Å². The quantitative estimate of drug-likeness (QED) is 0.424. The second-order valence-electron chi connectivity index (χ2n) is 8.09. The first-order chi connectivity index (χ1) is 15.5. The van der Waals surface area contributed by atoms with E-state index in [0.29, 0.717) is 18.6 Å². The van der Waals surface area contributed by atoms with E-state index in [1.807, 2.05) is 73.7 Å². The van der Waals surface area contributed by atoms with Gasteiger partial charge in [0.2, 0.25) is 0 Å². The number of hydrogen-bond donors (Lipinski definition) is 2. The molecule has 4 rings (SSSR count). The van der Waals surface area contributed by atoms with Crippen LogP contribution >= 0.6 is 11.8 Å². The minimum Gasteiger partial charge on any atom is -0.511 e. The van der Waals surface area contributed by atoms with Gasteiger partial charge in [-0.25, -0.2) is 4.79 Å². The lowest BCUT2D eigenvalue weighted by Gasteiger charge is -2.37. The summed E-state index contributed by atoms with van der Waals surface area (Å²) in [7, 11) is 0. The zero-order valence-electron chi connectivity index (χ0n) is 18.0. The molecule has 1 unspecified atom stereocenters. The molecule has 3 aromatic rings. The van der Waals surface area contributed by atoms with E-state index < -0.39 is 11.6 Å². The van der Waals surface area contributed by atoms with Crippen molar-refractivity contribution >= 4 is 17.7 Å². The zero-order chi connectivity index (χ0) is 22.6. The van der Waals surface area contributed by atoms with Gasteiger partial charge in [0, 0.05) is 5.75 Å². The maximum atomic E-state index is 13.0. The predicted octanol–water partition coefficient (Wildman–Crippen LogP) is 6.18. The summed E-state index contributed by atoms with van der Waals surface area (Å²) in [6.07, 6.45) is 1.31. The molecule has 0 fully saturated rings. The van der Waals surface area contributed by atoms with E-state index in [9.17, 15) is 15.0 Å². The Kier molecular flexibility index (Phi) is 6.56. The molecule has 2 N–H and O–H groups in total. The van der Waals surface area contributed by atoms with Crippen LogP contribution in [0.3, 0.4) is 0 Å². The lowest BCUT2D eigenvalue weighted by atomic mass is 9.82. The maximum absolute atomic E-state index is 13.0. The van der Waals surface area contributed by atoms with Gasteiger partial charge in [-0.2, -0.15) is 0 Å². The number of phenols is 1. The van der Waals surface area contributed by atoms with E-state index in [2.05, 4.69) is 0 Å². The van der Waals surface area contributed by atoms with Gasteiger partial charge in [-0.05, 0) is 54.2 Å². The molecule has 4 nitrogen and oxygen atoms in total. The lowest BCUT2D eigenvalue weighted by Crippen LogP contribution is -2.38. The van der Waals surface area contributed by atoms with Crippen molar-refractivity contribution in [1.29, 1.82) is 0 Å². The van der Waals surface area contributed by atoms with Crippen LogP contribution in [0.25, 0.3) is 0 Å². The number of hydrogen-bond acceptors (Lipinski definition) is 5. The third-order valence-electron chi connectivity index (χ3n) is 5.85. The van der Waals surface area contributed by atoms with Gasteiger partial charge >= 0.3 is 5.97 Å². The number of carbonyl (C=O) groups is 1. The first-order valence-corrected chi connectivity index (χ1v) is 11.6. The molecule has 3 aromatic carbocycles. The molecular weight excluding hydrogens is 420 g/mol. The molecule has 0 saturated heterocycles. The molecule has 32 heavy (non-hydrogen) atoms. The minimum absolute atomic E-state index is 0.0682. The number of thioether (sulfide) groups is 1. The summed E-state index contributed by atoms with van der Waals surface area (Å²) in [5.41, 5.74) is 3.02. The smallest absolute Gasteiger partial charge is 0.348 e. The van der Waals surface area contributed by atoms with Gasteiger partial charge in [-0.15, -0.1) is 11.8 Å². The highest BCUT2D eigenvalue weighted by Gasteiger charge is 2.43. The Balaban J connectivity index is 1.60. The maximum Gasteiger partial charge on any atom is 0.348 e. The Morgan fingerprint density at radius 1 is 0.969 bits per heavy atom. The van der Waals surface area contributed by atoms with Crippen LogP contribution in [-0.2, 0) is 27.3 Å². The lowest BCUT2D eigenvalue weighted by molar-refractivity contribution is -0.160. The summed E-state index contributed by atoms with van der Waals surface area (Å²) < 4.78 is 6.08. The van der Waals surface area contributed by atoms with Gasteiger partial charge in [0.25, 0.3) is 0 Å². The predicted molar refractivity (Wildman–Crippen MR) is 127 cm³/mol. The van der Waals surface area contributed by atoms with E-state index in [0.717, 1.165) is 22.3 Å². The highest BCUT2D eigenvalue weighted by Crippen LogP contribution is 2.44. The van der Waals surface area contributed by atoms with Gasteiger partial charge < -0.3 is 14.9 Å². The molecule has 0 bridgehead atoms. The summed E-state index contributed by atoms with van der Waals surface area (Å²) in [6.45, 7) is 1.99. The SMILES string of the molecule is Cc1ccc(O)cc1CCC1(c2ccccc2)CC(O)=C(SCc2ccccc2)C(=O)O1. The Morgan fingerprint density at radius 3 is 2.34 bits per heavy atom. The number of ether oxygens (including phenoxy) is 1. The molecule has 1 aliphatic rings. The third kappa shape index (κ3) is 4.83. The van der Waals surface area contributed by atoms with Crippen molar-refractivity contribution in [3.05, 3.63) is 112 Å². The van der Waals surface area contributed by atoms with E-state index in [4.69, 9.17) is 4.74 Å². The van der Waals surface area contributed by atoms with Crippen LogP contribution in [0.15, 0.2) is 89.5 Å². The molecule has 0 amide bonds. The van der Waals surface area contributed by atoms with Crippen molar-refractivity contribution in [3.8, 4) is 5.75 Å². The van der Waals surface area contributed by atoms with Gasteiger partial charge in [-0.1, -0.05) is 66.7 Å². The summed E-state index contributed by atoms with van der Waals surface area (Å²) in [5.74, 6) is 0.364. The molecule has 1 atom stereocenters. The molecule has 164 valence electrons. The molecule has 1 heterocycles. The molecular formula is C27H26O4S. The van der Waals surface area contributed by atoms with E-state index >= 15 is 0 Å². The monoisotopic (exact) mass is 446 g/mol. The molecule has 0 aliphatic carbocycles. The van der Waals surface area contributed by atoms with Gasteiger partial charge in [-0.3, -0.25) is 0 Å². The molecule has 0 aromatic heterocycles. The zero-order valence-corrected chi connectivity index (χ0v) is 18.8. The second-order valence-corrected chi connectivity index (χ2v) is 9.07. The molecule has 0 spiro atoms. The van der Waals surface area contributed by atoms with Gasteiger partial charge in [0.1, 0.15) is 22.0 Å². The molecule has 0 saturated carbocycles. The highest BCUT2D eigenvalue weighted by molar-refractivity contribution is 8.03. The first-order valence-electron chi connectivity index (χ1n) is 10.6. The van der Waals surface area contributed by atoms with Gasteiger partial charge in [0.15, 0.2) is 0 Å². The van der Waals surface area contributed by atoms with Crippen LogP contribution in [0.1, 0.15) is 35.1 Å². The van der Waals surface area contributed by atoms with Crippen molar-refractivity contribution in [1.82, 2.24) is 0 Å². The van der Waals surface area contributed by atoms with Crippen molar-refractivity contribution in [3.63, 3.8) is 0 Å².